The van der Waals surface area contributed by atoms with Crippen molar-refractivity contribution < 1.29 is 14.9 Å². The third kappa shape index (κ3) is 8.07. The van der Waals surface area contributed by atoms with Crippen LogP contribution in [-0.4, -0.2) is 41.6 Å². The first kappa shape index (κ1) is 13.5. The molecular formula is C9H20BNO3. The fourth-order valence-corrected chi connectivity index (χ4v) is 1.18. The number of aliphatic carboxylic acids is 1. The molecule has 0 heterocycles. The normalized spacial score (nSPS) is 10.6. The van der Waals surface area contributed by atoms with E-state index in [-0.39, 0.29) is 6.42 Å². The van der Waals surface area contributed by atoms with Crippen LogP contribution < -0.4 is 0 Å². The van der Waals surface area contributed by atoms with Crippen LogP contribution in [0.3, 0.4) is 0 Å². The molecule has 0 fully saturated rings. The van der Waals surface area contributed by atoms with Crippen LogP contribution in [0, 0.1) is 0 Å². The maximum absolute atomic E-state index is 10.2. The van der Waals surface area contributed by atoms with Crippen molar-refractivity contribution in [1.82, 2.24) is 4.81 Å². The lowest BCUT2D eigenvalue weighted by atomic mass is 9.85. The summed E-state index contributed by atoms with van der Waals surface area (Å²) in [5.41, 5.74) is 0. The lowest BCUT2D eigenvalue weighted by Crippen LogP contribution is -2.33. The number of unbranched alkanes of at least 4 members (excludes halogenated alkanes) is 3. The number of hydrogen-bond donors (Lipinski definition) is 2. The topological polar surface area (TPSA) is 60.8 Å². The molecule has 0 aliphatic heterocycles. The minimum absolute atomic E-state index is 0.270. The molecule has 0 aliphatic rings. The molecule has 5 heteroatoms. The van der Waals surface area contributed by atoms with Crippen LogP contribution in [0.25, 0.3) is 0 Å². The highest BCUT2D eigenvalue weighted by molar-refractivity contribution is 6.45. The number of carboxylic acid groups (broad SMARTS) is 1. The molecule has 0 unspecified atom stereocenters. The molecule has 0 radical (unpaired) electrons. The van der Waals surface area contributed by atoms with Gasteiger partial charge in [-0.2, -0.15) is 0 Å². The summed E-state index contributed by atoms with van der Waals surface area (Å²) in [6, 6.07) is 0. The summed E-state index contributed by atoms with van der Waals surface area (Å²) in [4.78, 5) is 12.1. The van der Waals surface area contributed by atoms with Crippen molar-refractivity contribution in [3.63, 3.8) is 0 Å². The summed E-state index contributed by atoms with van der Waals surface area (Å²) in [6.07, 6.45) is 4.03. The zero-order chi connectivity index (χ0) is 11.0. The molecule has 0 atom stereocenters. The molecule has 0 aromatic rings. The van der Waals surface area contributed by atoms with Gasteiger partial charge in [-0.25, -0.2) is 0 Å². The van der Waals surface area contributed by atoms with Gasteiger partial charge in [0.2, 0.25) is 0 Å². The molecule has 0 saturated heterocycles. The standard InChI is InChI=1S/C9H20BNO3/c1-10(14)11(2)8-6-4-3-5-7-9(12)13/h14H,3-8H2,1-2H3,(H,12,13). The van der Waals surface area contributed by atoms with E-state index in [2.05, 4.69) is 0 Å². The van der Waals surface area contributed by atoms with Crippen LogP contribution in [0.2, 0.25) is 6.82 Å². The second kappa shape index (κ2) is 7.82. The van der Waals surface area contributed by atoms with E-state index in [1.165, 1.54) is 0 Å². The first-order valence-corrected chi connectivity index (χ1v) is 5.14. The minimum atomic E-state index is -0.717. The van der Waals surface area contributed by atoms with E-state index in [9.17, 15) is 4.79 Å². The van der Waals surface area contributed by atoms with Gasteiger partial charge in [-0.3, -0.25) is 4.79 Å². The van der Waals surface area contributed by atoms with Crippen LogP contribution >= 0.6 is 0 Å². The van der Waals surface area contributed by atoms with Gasteiger partial charge in [-0.1, -0.05) is 12.8 Å². The smallest absolute Gasteiger partial charge is 0.376 e. The molecule has 0 rings (SSSR count). The van der Waals surface area contributed by atoms with Crippen LogP contribution in [-0.2, 0) is 4.79 Å². The van der Waals surface area contributed by atoms with Gasteiger partial charge >= 0.3 is 13.0 Å². The average molecular weight is 201 g/mol. The second-order valence-electron chi connectivity index (χ2n) is 3.67. The van der Waals surface area contributed by atoms with Crippen LogP contribution in [0.5, 0.6) is 0 Å². The fraction of sp³-hybridized carbons (Fsp3) is 0.889. The highest BCUT2D eigenvalue weighted by Crippen LogP contribution is 2.03. The zero-order valence-corrected chi connectivity index (χ0v) is 9.07. The summed E-state index contributed by atoms with van der Waals surface area (Å²) in [6.45, 7) is 2.61. The fourth-order valence-electron chi connectivity index (χ4n) is 1.18. The monoisotopic (exact) mass is 201 g/mol. The van der Waals surface area contributed by atoms with E-state index < -0.39 is 13.0 Å². The molecule has 82 valence electrons. The van der Waals surface area contributed by atoms with Crippen molar-refractivity contribution in [2.24, 2.45) is 0 Å². The Kier molecular flexibility index (Phi) is 7.52. The maximum Gasteiger partial charge on any atom is 0.376 e. The highest BCUT2D eigenvalue weighted by Gasteiger charge is 2.09. The third-order valence-electron chi connectivity index (χ3n) is 2.29. The number of hydrogen-bond acceptors (Lipinski definition) is 3. The molecule has 0 saturated carbocycles. The number of carboxylic acids is 1. The van der Waals surface area contributed by atoms with Crippen molar-refractivity contribution in [2.45, 2.75) is 38.9 Å². The van der Waals surface area contributed by atoms with Crippen LogP contribution in [0.4, 0.5) is 0 Å². The molecular weight excluding hydrogens is 181 g/mol. The quantitative estimate of drug-likeness (QED) is 0.455. The first-order valence-electron chi connectivity index (χ1n) is 5.14. The van der Waals surface area contributed by atoms with Crippen molar-refractivity contribution >= 4 is 13.0 Å². The molecule has 0 aromatic carbocycles. The number of nitrogens with zero attached hydrogens (tertiary/aromatic N) is 1. The van der Waals surface area contributed by atoms with Crippen molar-refractivity contribution in [3.8, 4) is 0 Å². The van der Waals surface area contributed by atoms with E-state index in [1.54, 1.807) is 6.82 Å². The Bertz CT molecular complexity index is 164. The van der Waals surface area contributed by atoms with Crippen LogP contribution in [0.1, 0.15) is 32.1 Å². The Morgan fingerprint density at radius 1 is 1.29 bits per heavy atom. The molecule has 4 nitrogen and oxygen atoms in total. The second-order valence-corrected chi connectivity index (χ2v) is 3.67. The SMILES string of the molecule is CB(O)N(C)CCCCCCC(=O)O. The van der Waals surface area contributed by atoms with Crippen molar-refractivity contribution in [2.75, 3.05) is 13.6 Å². The van der Waals surface area contributed by atoms with E-state index >= 15 is 0 Å². The predicted octanol–water partition coefficient (Wildman–Crippen LogP) is 1.06. The Labute approximate surface area is 86.0 Å². The lowest BCUT2D eigenvalue weighted by Gasteiger charge is -2.16. The number of rotatable bonds is 8. The zero-order valence-electron chi connectivity index (χ0n) is 9.07. The van der Waals surface area contributed by atoms with Gasteiger partial charge in [0.1, 0.15) is 0 Å². The summed E-state index contributed by atoms with van der Waals surface area (Å²) in [5.74, 6) is -0.717. The van der Waals surface area contributed by atoms with Gasteiger partial charge in [-0.05, 0) is 33.3 Å². The molecule has 2 N–H and O–H groups in total. The Hall–Kier alpha value is -0.545. The van der Waals surface area contributed by atoms with Crippen molar-refractivity contribution in [3.05, 3.63) is 0 Å². The van der Waals surface area contributed by atoms with Gasteiger partial charge in [0.15, 0.2) is 0 Å². The van der Waals surface area contributed by atoms with Gasteiger partial charge in [-0.15, -0.1) is 0 Å². The van der Waals surface area contributed by atoms with Crippen molar-refractivity contribution in [1.29, 1.82) is 0 Å². The number of carbonyl (C=O) groups is 1. The lowest BCUT2D eigenvalue weighted by molar-refractivity contribution is -0.137. The molecule has 0 bridgehead atoms. The van der Waals surface area contributed by atoms with E-state index in [0.717, 1.165) is 32.2 Å². The Balaban J connectivity index is 3.17. The Morgan fingerprint density at radius 2 is 1.86 bits per heavy atom. The third-order valence-corrected chi connectivity index (χ3v) is 2.29. The van der Waals surface area contributed by atoms with Gasteiger partial charge < -0.3 is 14.9 Å². The summed E-state index contributed by atoms with van der Waals surface area (Å²) in [5, 5.41) is 17.5. The van der Waals surface area contributed by atoms with Gasteiger partial charge in [0.05, 0.1) is 0 Å². The first-order chi connectivity index (χ1) is 6.54. The van der Waals surface area contributed by atoms with E-state index in [1.807, 2.05) is 11.9 Å². The largest absolute Gasteiger partial charge is 0.481 e. The van der Waals surface area contributed by atoms with Crippen LogP contribution in [0.15, 0.2) is 0 Å². The predicted molar refractivity (Wildman–Crippen MR) is 57.2 cm³/mol. The summed E-state index contributed by atoms with van der Waals surface area (Å²) in [7, 11) is 1.48. The Morgan fingerprint density at radius 3 is 2.36 bits per heavy atom. The molecule has 0 amide bonds. The summed E-state index contributed by atoms with van der Waals surface area (Å²) < 4.78 is 0. The molecule has 0 aromatic heterocycles. The van der Waals surface area contributed by atoms with Gasteiger partial charge in [0.25, 0.3) is 0 Å². The average Bonchev–Trinajstić information content (AvgIpc) is 2.09. The van der Waals surface area contributed by atoms with E-state index in [4.69, 9.17) is 10.1 Å². The van der Waals surface area contributed by atoms with Gasteiger partial charge in [0, 0.05) is 6.42 Å². The molecule has 0 spiro atoms. The highest BCUT2D eigenvalue weighted by atomic mass is 16.4. The van der Waals surface area contributed by atoms with E-state index in [0.29, 0.717) is 0 Å². The summed E-state index contributed by atoms with van der Waals surface area (Å²) >= 11 is 0. The molecule has 14 heavy (non-hydrogen) atoms. The minimum Gasteiger partial charge on any atom is -0.481 e. The maximum atomic E-state index is 10.2. The molecule has 0 aliphatic carbocycles.